The lowest BCUT2D eigenvalue weighted by Gasteiger charge is -2.37. The minimum absolute atomic E-state index is 0.0774. The molecule has 0 aromatic carbocycles. The van der Waals surface area contributed by atoms with E-state index in [1.54, 1.807) is 0 Å². The van der Waals surface area contributed by atoms with Crippen LogP contribution in [0.3, 0.4) is 0 Å². The third-order valence-corrected chi connectivity index (χ3v) is 4.66. The van der Waals surface area contributed by atoms with Crippen LogP contribution in [0.25, 0.3) is 0 Å². The van der Waals surface area contributed by atoms with E-state index in [2.05, 4.69) is 26.0 Å². The van der Waals surface area contributed by atoms with Crippen LogP contribution in [0.1, 0.15) is 58.8 Å². The second-order valence-corrected chi connectivity index (χ2v) is 6.24. The van der Waals surface area contributed by atoms with Gasteiger partial charge in [0.05, 0.1) is 13.2 Å². The van der Waals surface area contributed by atoms with Gasteiger partial charge >= 0.3 is 0 Å². The van der Waals surface area contributed by atoms with E-state index in [0.29, 0.717) is 11.8 Å². The summed E-state index contributed by atoms with van der Waals surface area (Å²) in [7, 11) is 0. The summed E-state index contributed by atoms with van der Waals surface area (Å²) in [5.41, 5.74) is 0. The molecule has 1 saturated heterocycles. The van der Waals surface area contributed by atoms with Gasteiger partial charge in [0.2, 0.25) is 0 Å². The molecule has 0 amide bonds. The van der Waals surface area contributed by atoms with Crippen molar-refractivity contribution in [1.29, 1.82) is 0 Å². The molecule has 1 saturated carbocycles. The van der Waals surface area contributed by atoms with Gasteiger partial charge in [-0.05, 0) is 38.5 Å². The van der Waals surface area contributed by atoms with Crippen LogP contribution in [-0.4, -0.2) is 19.5 Å². The van der Waals surface area contributed by atoms with Crippen molar-refractivity contribution >= 4 is 0 Å². The second kappa shape index (κ2) is 8.06. The van der Waals surface area contributed by atoms with Crippen molar-refractivity contribution in [2.24, 2.45) is 17.8 Å². The van der Waals surface area contributed by atoms with E-state index in [1.165, 1.54) is 44.9 Å². The Hall–Kier alpha value is -0.340. The van der Waals surface area contributed by atoms with E-state index in [0.717, 1.165) is 19.1 Å². The van der Waals surface area contributed by atoms with Gasteiger partial charge in [-0.2, -0.15) is 0 Å². The zero-order chi connectivity index (χ0) is 13.5. The number of allylic oxidation sites excluding steroid dienone is 1. The average Bonchev–Trinajstić information content (AvgIpc) is 2.47. The molecular formula is C17H30O2. The first-order valence-electron chi connectivity index (χ1n) is 8.19. The SMILES string of the molecule is CC=CC1COC(C2CCC(CCCC)CC2)OC1. The van der Waals surface area contributed by atoms with Crippen LogP contribution in [0.15, 0.2) is 12.2 Å². The summed E-state index contributed by atoms with van der Waals surface area (Å²) >= 11 is 0. The molecule has 0 atom stereocenters. The minimum Gasteiger partial charge on any atom is -0.352 e. The van der Waals surface area contributed by atoms with E-state index in [-0.39, 0.29) is 6.29 Å². The van der Waals surface area contributed by atoms with Crippen molar-refractivity contribution in [2.75, 3.05) is 13.2 Å². The highest BCUT2D eigenvalue weighted by molar-refractivity contribution is 4.87. The first kappa shape index (κ1) is 15.1. The van der Waals surface area contributed by atoms with Crippen molar-refractivity contribution in [3.8, 4) is 0 Å². The molecule has 0 radical (unpaired) electrons. The van der Waals surface area contributed by atoms with Gasteiger partial charge < -0.3 is 9.47 Å². The molecule has 2 heteroatoms. The van der Waals surface area contributed by atoms with Crippen LogP contribution >= 0.6 is 0 Å². The monoisotopic (exact) mass is 266 g/mol. The molecule has 2 fully saturated rings. The fourth-order valence-corrected chi connectivity index (χ4v) is 3.43. The lowest BCUT2D eigenvalue weighted by Crippen LogP contribution is -2.38. The van der Waals surface area contributed by atoms with Crippen LogP contribution in [0.2, 0.25) is 0 Å². The lowest BCUT2D eigenvalue weighted by molar-refractivity contribution is -0.223. The van der Waals surface area contributed by atoms with Gasteiger partial charge in [0.1, 0.15) is 0 Å². The molecule has 0 aromatic rings. The van der Waals surface area contributed by atoms with E-state index < -0.39 is 0 Å². The normalized spacial score (nSPS) is 36.7. The summed E-state index contributed by atoms with van der Waals surface area (Å²) in [4.78, 5) is 0. The first-order chi connectivity index (χ1) is 9.33. The third-order valence-electron chi connectivity index (χ3n) is 4.66. The Morgan fingerprint density at radius 3 is 2.32 bits per heavy atom. The van der Waals surface area contributed by atoms with Gasteiger partial charge in [-0.1, -0.05) is 38.3 Å². The van der Waals surface area contributed by atoms with E-state index in [1.807, 2.05) is 0 Å². The summed E-state index contributed by atoms with van der Waals surface area (Å²) in [6.07, 6.45) is 13.9. The van der Waals surface area contributed by atoms with Gasteiger partial charge in [0.25, 0.3) is 0 Å². The predicted molar refractivity (Wildman–Crippen MR) is 79.0 cm³/mol. The molecule has 0 unspecified atom stereocenters. The highest BCUT2D eigenvalue weighted by Gasteiger charge is 2.31. The molecule has 1 aliphatic heterocycles. The van der Waals surface area contributed by atoms with Gasteiger partial charge in [0.15, 0.2) is 6.29 Å². The maximum atomic E-state index is 5.93. The molecular weight excluding hydrogens is 236 g/mol. The summed E-state index contributed by atoms with van der Waals surface area (Å²) < 4.78 is 11.9. The van der Waals surface area contributed by atoms with E-state index in [4.69, 9.17) is 9.47 Å². The lowest BCUT2D eigenvalue weighted by atomic mass is 9.79. The minimum atomic E-state index is 0.0774. The van der Waals surface area contributed by atoms with Gasteiger partial charge in [0, 0.05) is 11.8 Å². The molecule has 0 N–H and O–H groups in total. The Morgan fingerprint density at radius 2 is 1.74 bits per heavy atom. The Balaban J connectivity index is 1.68. The largest absolute Gasteiger partial charge is 0.352 e. The molecule has 0 aromatic heterocycles. The average molecular weight is 266 g/mol. The van der Waals surface area contributed by atoms with Gasteiger partial charge in [-0.25, -0.2) is 0 Å². The smallest absolute Gasteiger partial charge is 0.160 e. The second-order valence-electron chi connectivity index (χ2n) is 6.24. The first-order valence-corrected chi connectivity index (χ1v) is 8.19. The van der Waals surface area contributed by atoms with Crippen LogP contribution in [0.4, 0.5) is 0 Å². The quantitative estimate of drug-likeness (QED) is 0.680. The summed E-state index contributed by atoms with van der Waals surface area (Å²) in [5, 5.41) is 0. The third kappa shape index (κ3) is 4.61. The Morgan fingerprint density at radius 1 is 1.05 bits per heavy atom. The van der Waals surface area contributed by atoms with E-state index >= 15 is 0 Å². The maximum Gasteiger partial charge on any atom is 0.160 e. The summed E-state index contributed by atoms with van der Waals surface area (Å²) in [5.74, 6) is 2.07. The van der Waals surface area contributed by atoms with Gasteiger partial charge in [-0.15, -0.1) is 0 Å². The van der Waals surface area contributed by atoms with Crippen molar-refractivity contribution in [2.45, 2.75) is 65.1 Å². The molecule has 0 spiro atoms. The molecule has 2 rings (SSSR count). The molecule has 1 aliphatic carbocycles. The zero-order valence-electron chi connectivity index (χ0n) is 12.6. The highest BCUT2D eigenvalue weighted by Crippen LogP contribution is 2.35. The van der Waals surface area contributed by atoms with Crippen molar-refractivity contribution in [3.05, 3.63) is 12.2 Å². The Kier molecular flexibility index (Phi) is 6.39. The van der Waals surface area contributed by atoms with E-state index in [9.17, 15) is 0 Å². The van der Waals surface area contributed by atoms with Crippen LogP contribution in [0.5, 0.6) is 0 Å². The Labute approximate surface area is 118 Å². The number of ether oxygens (including phenoxy) is 2. The molecule has 0 bridgehead atoms. The highest BCUT2D eigenvalue weighted by atomic mass is 16.7. The number of hydrogen-bond donors (Lipinski definition) is 0. The van der Waals surface area contributed by atoms with Crippen LogP contribution in [-0.2, 0) is 9.47 Å². The number of rotatable bonds is 5. The van der Waals surface area contributed by atoms with Crippen LogP contribution < -0.4 is 0 Å². The number of unbranched alkanes of at least 4 members (excludes halogenated alkanes) is 1. The standard InChI is InChI=1S/C17H30O2/c1-3-5-7-14-8-10-16(11-9-14)17-18-12-15(6-4-2)13-19-17/h4,6,14-17H,3,5,7-13H2,1-2H3. The Bertz CT molecular complexity index is 258. The van der Waals surface area contributed by atoms with Crippen molar-refractivity contribution in [3.63, 3.8) is 0 Å². The molecule has 2 nitrogen and oxygen atoms in total. The molecule has 110 valence electrons. The fraction of sp³-hybridized carbons (Fsp3) is 0.882. The van der Waals surface area contributed by atoms with Crippen molar-refractivity contribution < 1.29 is 9.47 Å². The predicted octanol–water partition coefficient (Wildman–Crippen LogP) is 4.55. The molecule has 1 heterocycles. The van der Waals surface area contributed by atoms with Gasteiger partial charge in [-0.3, -0.25) is 0 Å². The van der Waals surface area contributed by atoms with Crippen LogP contribution in [0, 0.1) is 17.8 Å². The fourth-order valence-electron chi connectivity index (χ4n) is 3.43. The van der Waals surface area contributed by atoms with Crippen molar-refractivity contribution in [1.82, 2.24) is 0 Å². The topological polar surface area (TPSA) is 18.5 Å². The number of hydrogen-bond acceptors (Lipinski definition) is 2. The molecule has 19 heavy (non-hydrogen) atoms. The summed E-state index contributed by atoms with van der Waals surface area (Å²) in [6.45, 7) is 6.02. The maximum absolute atomic E-state index is 5.93. The zero-order valence-corrected chi connectivity index (χ0v) is 12.6. The molecule has 2 aliphatic rings. The summed E-state index contributed by atoms with van der Waals surface area (Å²) in [6, 6.07) is 0.